The number of aryl methyl sites for hydroxylation is 1. The van der Waals surface area contributed by atoms with Crippen LogP contribution in [0.15, 0.2) is 33.7 Å². The summed E-state index contributed by atoms with van der Waals surface area (Å²) in [5, 5.41) is 10.6. The first-order chi connectivity index (χ1) is 12.2. The number of hydrogen-bond acceptors (Lipinski definition) is 3. The van der Waals surface area contributed by atoms with E-state index in [1.165, 1.54) is 0 Å². The molecule has 1 fully saturated rings. The number of fused-ring (bicyclic) bond motifs is 1. The highest BCUT2D eigenvalue weighted by Crippen LogP contribution is 2.24. The van der Waals surface area contributed by atoms with Gasteiger partial charge in [-0.25, -0.2) is 0 Å². The molecule has 1 saturated carbocycles. The Morgan fingerprint density at radius 1 is 1.28 bits per heavy atom. The molecule has 1 aromatic carbocycles. The van der Waals surface area contributed by atoms with Gasteiger partial charge in [-0.15, -0.1) is 0 Å². The van der Waals surface area contributed by atoms with Gasteiger partial charge in [0.1, 0.15) is 11.3 Å². The molecule has 0 unspecified atom stereocenters. The van der Waals surface area contributed by atoms with Crippen molar-refractivity contribution in [3.8, 4) is 0 Å². The van der Waals surface area contributed by atoms with E-state index in [4.69, 9.17) is 4.42 Å². The maximum absolute atomic E-state index is 11.6. The van der Waals surface area contributed by atoms with Crippen molar-refractivity contribution in [3.63, 3.8) is 0 Å². The number of guanidine groups is 1. The zero-order valence-electron chi connectivity index (χ0n) is 14.9. The molecule has 25 heavy (non-hydrogen) atoms. The summed E-state index contributed by atoms with van der Waals surface area (Å²) in [4.78, 5) is 15.9. The predicted octanol–water partition coefficient (Wildman–Crippen LogP) is 2.47. The van der Waals surface area contributed by atoms with Gasteiger partial charge >= 0.3 is 0 Å². The molecule has 1 aliphatic carbocycles. The van der Waals surface area contributed by atoms with Gasteiger partial charge in [0.05, 0.1) is 6.54 Å². The van der Waals surface area contributed by atoms with E-state index in [2.05, 4.69) is 33.9 Å². The van der Waals surface area contributed by atoms with E-state index in [1.54, 1.807) is 7.05 Å². The van der Waals surface area contributed by atoms with E-state index in [0.29, 0.717) is 31.5 Å². The molecule has 6 nitrogen and oxygen atoms in total. The van der Waals surface area contributed by atoms with Crippen molar-refractivity contribution in [2.24, 2.45) is 4.99 Å². The molecule has 1 amide bonds. The van der Waals surface area contributed by atoms with Crippen molar-refractivity contribution >= 4 is 22.8 Å². The minimum Gasteiger partial charge on any atom is -0.459 e. The molecular formula is C19H26N4O2. The molecule has 1 aromatic heterocycles. The third kappa shape index (κ3) is 4.75. The van der Waals surface area contributed by atoms with Crippen LogP contribution in [0.4, 0.5) is 0 Å². The van der Waals surface area contributed by atoms with Gasteiger partial charge in [0.15, 0.2) is 5.96 Å². The van der Waals surface area contributed by atoms with E-state index >= 15 is 0 Å². The zero-order valence-corrected chi connectivity index (χ0v) is 14.9. The lowest BCUT2D eigenvalue weighted by molar-refractivity contribution is -0.121. The molecule has 2 aromatic rings. The summed E-state index contributed by atoms with van der Waals surface area (Å²) >= 11 is 0. The number of carbonyl (C=O) groups is 1. The van der Waals surface area contributed by atoms with Crippen LogP contribution in [0.1, 0.15) is 37.0 Å². The normalized spacial score (nSPS) is 14.6. The number of nitrogens with zero attached hydrogens (tertiary/aromatic N) is 1. The number of furan rings is 1. The Bertz CT molecular complexity index is 762. The molecule has 0 spiro atoms. The average Bonchev–Trinajstić information content (AvgIpc) is 3.37. The second kappa shape index (κ2) is 8.05. The first-order valence-corrected chi connectivity index (χ1v) is 8.88. The number of nitrogens with one attached hydrogen (secondary N) is 3. The number of rotatable bonds is 7. The third-order valence-electron chi connectivity index (χ3n) is 4.40. The predicted molar refractivity (Wildman–Crippen MR) is 99.6 cm³/mol. The van der Waals surface area contributed by atoms with Gasteiger partial charge < -0.3 is 20.4 Å². The smallest absolute Gasteiger partial charge is 0.220 e. The minimum atomic E-state index is 0.144. The summed E-state index contributed by atoms with van der Waals surface area (Å²) in [5.41, 5.74) is 2.05. The largest absolute Gasteiger partial charge is 0.459 e. The average molecular weight is 342 g/mol. The number of hydrogen-bond donors (Lipinski definition) is 3. The lowest BCUT2D eigenvalue weighted by atomic mass is 10.1. The summed E-state index contributed by atoms with van der Waals surface area (Å²) in [5.74, 6) is 1.76. The number of amides is 1. The fraction of sp³-hybridized carbons (Fsp3) is 0.474. The van der Waals surface area contributed by atoms with Crippen LogP contribution in [0, 0.1) is 6.92 Å². The van der Waals surface area contributed by atoms with Crippen LogP contribution < -0.4 is 16.0 Å². The van der Waals surface area contributed by atoms with Crippen LogP contribution >= 0.6 is 0 Å². The van der Waals surface area contributed by atoms with Crippen LogP contribution in [0.5, 0.6) is 0 Å². The number of aliphatic imine (C=N–C) groups is 1. The Kier molecular flexibility index (Phi) is 5.58. The Balaban J connectivity index is 1.42. The van der Waals surface area contributed by atoms with E-state index in [-0.39, 0.29) is 5.91 Å². The van der Waals surface area contributed by atoms with Crippen LogP contribution in [-0.4, -0.2) is 31.5 Å². The van der Waals surface area contributed by atoms with Crippen LogP contribution in [0.25, 0.3) is 11.0 Å². The van der Waals surface area contributed by atoms with Crippen molar-refractivity contribution in [2.75, 3.05) is 13.6 Å². The van der Waals surface area contributed by atoms with Crippen molar-refractivity contribution in [1.82, 2.24) is 16.0 Å². The number of carbonyl (C=O) groups excluding carboxylic acids is 1. The van der Waals surface area contributed by atoms with Gasteiger partial charge in [0.25, 0.3) is 0 Å². The van der Waals surface area contributed by atoms with Gasteiger partial charge in [0.2, 0.25) is 5.91 Å². The molecule has 0 saturated heterocycles. The fourth-order valence-corrected chi connectivity index (χ4v) is 2.76. The summed E-state index contributed by atoms with van der Waals surface area (Å²) < 4.78 is 5.90. The van der Waals surface area contributed by atoms with Gasteiger partial charge in [-0.1, -0.05) is 18.2 Å². The van der Waals surface area contributed by atoms with Gasteiger partial charge in [0, 0.05) is 37.0 Å². The maximum Gasteiger partial charge on any atom is 0.220 e. The van der Waals surface area contributed by atoms with Crippen molar-refractivity contribution in [3.05, 3.63) is 35.6 Å². The Hall–Kier alpha value is -2.50. The van der Waals surface area contributed by atoms with E-state index in [9.17, 15) is 4.79 Å². The van der Waals surface area contributed by atoms with Gasteiger partial charge in [-0.2, -0.15) is 0 Å². The standard InChI is InChI=1S/C19H26N4O2/c1-13-15-6-3-4-7-16(15)25-17(13)12-22-19(20-2)21-11-5-8-18(24)23-14-9-10-14/h3-4,6-7,14H,5,8-12H2,1-2H3,(H,23,24)(H2,20,21,22). The molecular weight excluding hydrogens is 316 g/mol. The highest BCUT2D eigenvalue weighted by Gasteiger charge is 2.22. The molecule has 0 radical (unpaired) electrons. The molecule has 0 aliphatic heterocycles. The van der Waals surface area contributed by atoms with E-state index in [1.807, 2.05) is 18.2 Å². The minimum absolute atomic E-state index is 0.144. The molecule has 3 rings (SSSR count). The fourth-order valence-electron chi connectivity index (χ4n) is 2.76. The SMILES string of the molecule is CN=C(NCCCC(=O)NC1CC1)NCc1oc2ccccc2c1C. The second-order valence-electron chi connectivity index (χ2n) is 6.44. The molecule has 3 N–H and O–H groups in total. The number of para-hydroxylation sites is 1. The van der Waals surface area contributed by atoms with E-state index in [0.717, 1.165) is 41.6 Å². The lowest BCUT2D eigenvalue weighted by Gasteiger charge is -2.11. The second-order valence-corrected chi connectivity index (χ2v) is 6.44. The van der Waals surface area contributed by atoms with Crippen LogP contribution in [0.2, 0.25) is 0 Å². The van der Waals surface area contributed by atoms with Crippen molar-refractivity contribution in [2.45, 2.75) is 45.2 Å². The monoisotopic (exact) mass is 342 g/mol. The Morgan fingerprint density at radius 3 is 2.80 bits per heavy atom. The summed E-state index contributed by atoms with van der Waals surface area (Å²) in [6.45, 7) is 3.34. The molecule has 0 bridgehead atoms. The molecule has 1 aliphatic rings. The molecule has 1 heterocycles. The lowest BCUT2D eigenvalue weighted by Crippen LogP contribution is -2.37. The van der Waals surface area contributed by atoms with Crippen LogP contribution in [0.3, 0.4) is 0 Å². The van der Waals surface area contributed by atoms with Crippen molar-refractivity contribution in [1.29, 1.82) is 0 Å². The molecule has 134 valence electrons. The Morgan fingerprint density at radius 2 is 2.08 bits per heavy atom. The van der Waals surface area contributed by atoms with E-state index < -0.39 is 0 Å². The highest BCUT2D eigenvalue weighted by atomic mass is 16.3. The summed E-state index contributed by atoms with van der Waals surface area (Å²) in [6.07, 6.45) is 3.58. The molecule has 0 atom stereocenters. The highest BCUT2D eigenvalue weighted by molar-refractivity contribution is 5.83. The first kappa shape index (κ1) is 17.3. The van der Waals surface area contributed by atoms with Gasteiger partial charge in [-0.3, -0.25) is 9.79 Å². The quantitative estimate of drug-likeness (QED) is 0.410. The number of benzene rings is 1. The topological polar surface area (TPSA) is 78.7 Å². The summed E-state index contributed by atoms with van der Waals surface area (Å²) in [7, 11) is 1.74. The van der Waals surface area contributed by atoms with Crippen LogP contribution in [-0.2, 0) is 11.3 Å². The zero-order chi connectivity index (χ0) is 17.6. The summed E-state index contributed by atoms with van der Waals surface area (Å²) in [6, 6.07) is 8.47. The third-order valence-corrected chi connectivity index (χ3v) is 4.40. The van der Waals surface area contributed by atoms with Crippen molar-refractivity contribution < 1.29 is 9.21 Å². The molecule has 6 heteroatoms. The first-order valence-electron chi connectivity index (χ1n) is 8.88. The maximum atomic E-state index is 11.6. The van der Waals surface area contributed by atoms with Gasteiger partial charge in [-0.05, 0) is 32.3 Å². The Labute approximate surface area is 148 Å².